The van der Waals surface area contributed by atoms with Crippen LogP contribution in [0.15, 0.2) is 16.6 Å². The van der Waals surface area contributed by atoms with E-state index in [1.54, 1.807) is 6.92 Å². The molecule has 0 saturated carbocycles. The first-order valence-electron chi connectivity index (χ1n) is 4.63. The van der Waals surface area contributed by atoms with Crippen molar-refractivity contribution in [3.63, 3.8) is 0 Å². The van der Waals surface area contributed by atoms with E-state index in [1.807, 2.05) is 0 Å². The molecule has 2 aromatic rings. The number of benzene rings is 1. The van der Waals surface area contributed by atoms with Crippen LogP contribution >= 0.6 is 15.9 Å². The molecular formula is C11H9BrFNO2. The summed E-state index contributed by atoms with van der Waals surface area (Å²) >= 11 is 3.05. The Labute approximate surface area is 99.6 Å². The van der Waals surface area contributed by atoms with Crippen molar-refractivity contribution in [2.75, 3.05) is 0 Å². The van der Waals surface area contributed by atoms with Gasteiger partial charge >= 0.3 is 0 Å². The van der Waals surface area contributed by atoms with Gasteiger partial charge in [0.05, 0.1) is 15.7 Å². The van der Waals surface area contributed by atoms with Crippen LogP contribution in [0.25, 0.3) is 10.9 Å². The van der Waals surface area contributed by atoms with E-state index in [0.29, 0.717) is 16.6 Å². The van der Waals surface area contributed by atoms with Crippen molar-refractivity contribution in [1.82, 2.24) is 4.57 Å². The first-order chi connectivity index (χ1) is 7.43. The number of halogens is 2. The highest BCUT2D eigenvalue weighted by molar-refractivity contribution is 9.10. The van der Waals surface area contributed by atoms with E-state index in [2.05, 4.69) is 15.9 Å². The Morgan fingerprint density at radius 1 is 1.50 bits per heavy atom. The first kappa shape index (κ1) is 11.1. The highest BCUT2D eigenvalue weighted by atomic mass is 79.9. The van der Waals surface area contributed by atoms with Crippen LogP contribution in [-0.2, 0) is 0 Å². The molecule has 2 rings (SSSR count). The molecule has 0 radical (unpaired) electrons. The van der Waals surface area contributed by atoms with E-state index >= 15 is 0 Å². The van der Waals surface area contributed by atoms with Crippen LogP contribution in [0, 0.1) is 12.7 Å². The van der Waals surface area contributed by atoms with Gasteiger partial charge in [0.25, 0.3) is 0 Å². The first-order valence-corrected chi connectivity index (χ1v) is 5.42. The minimum atomic E-state index is -0.469. The lowest BCUT2D eigenvalue weighted by atomic mass is 10.2. The second kappa shape index (κ2) is 3.59. The minimum absolute atomic E-state index is 0.0587. The zero-order valence-corrected chi connectivity index (χ0v) is 10.3. The van der Waals surface area contributed by atoms with Crippen LogP contribution in [0.2, 0.25) is 0 Å². The van der Waals surface area contributed by atoms with Crippen LogP contribution in [0.3, 0.4) is 0 Å². The van der Waals surface area contributed by atoms with Gasteiger partial charge in [-0.2, -0.15) is 0 Å². The summed E-state index contributed by atoms with van der Waals surface area (Å²) in [6.07, 6.45) is 0. The molecule has 0 spiro atoms. The molecule has 0 aliphatic carbocycles. The lowest BCUT2D eigenvalue weighted by Crippen LogP contribution is -2.06. The minimum Gasteiger partial charge on any atom is -0.505 e. The van der Waals surface area contributed by atoms with Crippen LogP contribution < -0.4 is 0 Å². The number of carbonyl (C=O) groups excluding carboxylic acids is 1. The van der Waals surface area contributed by atoms with Crippen LogP contribution in [0.5, 0.6) is 5.75 Å². The number of hydrogen-bond donors (Lipinski definition) is 1. The molecule has 0 amide bonds. The molecule has 0 atom stereocenters. The fourth-order valence-electron chi connectivity index (χ4n) is 1.80. The highest BCUT2D eigenvalue weighted by Crippen LogP contribution is 2.34. The Morgan fingerprint density at radius 2 is 2.12 bits per heavy atom. The normalized spacial score (nSPS) is 11.0. The molecule has 0 aliphatic heterocycles. The van der Waals surface area contributed by atoms with E-state index in [1.165, 1.54) is 23.6 Å². The van der Waals surface area contributed by atoms with Gasteiger partial charge < -0.3 is 5.11 Å². The molecule has 0 saturated heterocycles. The van der Waals surface area contributed by atoms with E-state index in [4.69, 9.17) is 0 Å². The topological polar surface area (TPSA) is 42.2 Å². The van der Waals surface area contributed by atoms with Crippen molar-refractivity contribution in [3.8, 4) is 5.75 Å². The molecular weight excluding hydrogens is 277 g/mol. The molecule has 1 aromatic heterocycles. The van der Waals surface area contributed by atoms with Crippen molar-refractivity contribution in [2.24, 2.45) is 0 Å². The molecule has 84 valence electrons. The molecule has 1 aromatic carbocycles. The second-order valence-electron chi connectivity index (χ2n) is 3.57. The second-order valence-corrected chi connectivity index (χ2v) is 4.43. The maximum Gasteiger partial charge on any atom is 0.228 e. The van der Waals surface area contributed by atoms with Crippen LogP contribution in [-0.4, -0.2) is 15.6 Å². The zero-order chi connectivity index (χ0) is 12.0. The third-order valence-corrected chi connectivity index (χ3v) is 3.14. The SMILES string of the molecule is CC(=O)n1c(C)c(O)c2cc(F)c(Br)cc21. The van der Waals surface area contributed by atoms with Gasteiger partial charge in [-0.3, -0.25) is 9.36 Å². The molecule has 0 unspecified atom stereocenters. The molecule has 16 heavy (non-hydrogen) atoms. The maximum atomic E-state index is 13.3. The molecule has 3 nitrogen and oxygen atoms in total. The Hall–Kier alpha value is -1.36. The van der Waals surface area contributed by atoms with Crippen molar-refractivity contribution < 1.29 is 14.3 Å². The van der Waals surface area contributed by atoms with Gasteiger partial charge in [-0.15, -0.1) is 0 Å². The predicted molar refractivity (Wildman–Crippen MR) is 62.3 cm³/mol. The van der Waals surface area contributed by atoms with E-state index in [0.717, 1.165) is 0 Å². The summed E-state index contributed by atoms with van der Waals surface area (Å²) in [6.45, 7) is 3.01. The van der Waals surface area contributed by atoms with Crippen molar-refractivity contribution in [2.45, 2.75) is 13.8 Å². The van der Waals surface area contributed by atoms with Crippen molar-refractivity contribution in [3.05, 3.63) is 28.1 Å². The Bertz CT molecular complexity index is 604. The summed E-state index contributed by atoms with van der Waals surface area (Å²) in [5, 5.41) is 10.1. The molecule has 1 N–H and O–H groups in total. The number of fused-ring (bicyclic) bond motifs is 1. The van der Waals surface area contributed by atoms with Gasteiger partial charge in [0.15, 0.2) is 0 Å². The third-order valence-electron chi connectivity index (χ3n) is 2.53. The Morgan fingerprint density at radius 3 is 2.69 bits per heavy atom. The summed E-state index contributed by atoms with van der Waals surface area (Å²) < 4.78 is 14.9. The van der Waals surface area contributed by atoms with Gasteiger partial charge in [0.1, 0.15) is 11.6 Å². The largest absolute Gasteiger partial charge is 0.505 e. The molecule has 0 fully saturated rings. The molecule has 5 heteroatoms. The fraction of sp³-hybridized carbons (Fsp3) is 0.182. The summed E-state index contributed by atoms with van der Waals surface area (Å²) in [6, 6.07) is 2.69. The highest BCUT2D eigenvalue weighted by Gasteiger charge is 2.17. The number of aromatic nitrogens is 1. The maximum absolute atomic E-state index is 13.3. The zero-order valence-electron chi connectivity index (χ0n) is 8.71. The third kappa shape index (κ3) is 1.43. The fourth-order valence-corrected chi connectivity index (χ4v) is 2.13. The number of nitrogens with zero attached hydrogens (tertiary/aromatic N) is 1. The summed E-state index contributed by atoms with van der Waals surface area (Å²) in [5.41, 5.74) is 0.913. The monoisotopic (exact) mass is 285 g/mol. The van der Waals surface area contributed by atoms with E-state index in [9.17, 15) is 14.3 Å². The van der Waals surface area contributed by atoms with Crippen molar-refractivity contribution >= 4 is 32.7 Å². The lowest BCUT2D eigenvalue weighted by molar-refractivity contribution is 0.0939. The van der Waals surface area contributed by atoms with Crippen LogP contribution in [0.1, 0.15) is 17.4 Å². The van der Waals surface area contributed by atoms with Crippen LogP contribution in [0.4, 0.5) is 4.39 Å². The smallest absolute Gasteiger partial charge is 0.228 e. The lowest BCUT2D eigenvalue weighted by Gasteiger charge is -2.02. The number of rotatable bonds is 0. The number of hydrogen-bond acceptors (Lipinski definition) is 2. The van der Waals surface area contributed by atoms with E-state index in [-0.39, 0.29) is 16.1 Å². The summed E-state index contributed by atoms with van der Waals surface area (Å²) in [4.78, 5) is 11.4. The average molecular weight is 286 g/mol. The van der Waals surface area contributed by atoms with Gasteiger partial charge in [-0.25, -0.2) is 4.39 Å². The number of carbonyl (C=O) groups is 1. The van der Waals surface area contributed by atoms with Crippen molar-refractivity contribution in [1.29, 1.82) is 0 Å². The summed E-state index contributed by atoms with van der Waals surface area (Å²) in [7, 11) is 0. The number of aromatic hydroxyl groups is 1. The van der Waals surface area contributed by atoms with Gasteiger partial charge in [0.2, 0.25) is 5.91 Å². The van der Waals surface area contributed by atoms with E-state index < -0.39 is 5.82 Å². The quantitative estimate of drug-likeness (QED) is 0.808. The summed E-state index contributed by atoms with van der Waals surface area (Å²) in [5.74, 6) is -0.749. The average Bonchev–Trinajstić information content (AvgIpc) is 2.42. The Balaban J connectivity index is 2.97. The molecule has 0 aliphatic rings. The van der Waals surface area contributed by atoms with Gasteiger partial charge in [-0.05, 0) is 35.0 Å². The molecule has 0 bridgehead atoms. The molecule has 1 heterocycles. The Kier molecular flexibility index (Phi) is 2.50. The standard InChI is InChI=1S/C11H9BrFNO2/c1-5-11(16)7-3-9(13)8(12)4-10(7)14(5)6(2)15/h3-4,16H,1-2H3. The predicted octanol–water partition coefficient (Wildman–Crippen LogP) is 3.22. The van der Waals surface area contributed by atoms with Gasteiger partial charge in [-0.1, -0.05) is 0 Å². The van der Waals surface area contributed by atoms with Gasteiger partial charge in [0, 0.05) is 12.3 Å².